The van der Waals surface area contributed by atoms with E-state index in [1.54, 1.807) is 20.8 Å². The van der Waals surface area contributed by atoms with Crippen molar-refractivity contribution in [1.82, 2.24) is 5.32 Å². The number of hydrogen-bond donors (Lipinski definition) is 2. The topological polar surface area (TPSA) is 105 Å². The standard InChI is InChI=1S/C31H32N2O6/c1-31(2,3)39-30(37)33-17-19(20-10-8-9-15-27(20)33)16-26(28(34)35)32-29(36)38-18-25-23-13-6-4-11-21(23)22-12-5-7-14-24(22)25/h4-15,19,25-26H,16-18H2,1-3H3,(H,32,36)(H,34,35)/t19?,26-/m0/s1. The van der Waals surface area contributed by atoms with E-state index in [0.29, 0.717) is 5.69 Å². The molecule has 2 atom stereocenters. The molecule has 8 heteroatoms. The number of para-hydroxylation sites is 1. The molecule has 0 saturated heterocycles. The van der Waals surface area contributed by atoms with Gasteiger partial charge in [-0.2, -0.15) is 0 Å². The van der Waals surface area contributed by atoms with E-state index in [2.05, 4.69) is 17.4 Å². The lowest BCUT2D eigenvalue weighted by Crippen LogP contribution is -2.43. The Morgan fingerprint density at radius 1 is 0.923 bits per heavy atom. The first-order chi connectivity index (χ1) is 18.6. The summed E-state index contributed by atoms with van der Waals surface area (Å²) in [6, 6.07) is 22.2. The summed E-state index contributed by atoms with van der Waals surface area (Å²) in [5.74, 6) is -1.60. The second-order valence-corrected chi connectivity index (χ2v) is 10.9. The number of benzene rings is 3. The number of hydrogen-bond acceptors (Lipinski definition) is 5. The Morgan fingerprint density at radius 3 is 2.08 bits per heavy atom. The highest BCUT2D eigenvalue weighted by atomic mass is 16.6. The van der Waals surface area contributed by atoms with E-state index in [1.165, 1.54) is 4.90 Å². The molecule has 0 saturated carbocycles. The van der Waals surface area contributed by atoms with Gasteiger partial charge in [0.1, 0.15) is 18.2 Å². The van der Waals surface area contributed by atoms with Crippen LogP contribution in [0.1, 0.15) is 55.7 Å². The molecular weight excluding hydrogens is 496 g/mol. The Morgan fingerprint density at radius 2 is 1.49 bits per heavy atom. The van der Waals surface area contributed by atoms with Gasteiger partial charge in [-0.15, -0.1) is 0 Å². The van der Waals surface area contributed by atoms with Gasteiger partial charge in [0.05, 0.1) is 5.69 Å². The summed E-state index contributed by atoms with van der Waals surface area (Å²) >= 11 is 0. The zero-order chi connectivity index (χ0) is 27.7. The van der Waals surface area contributed by atoms with Crippen LogP contribution in [-0.4, -0.2) is 48.1 Å². The zero-order valence-electron chi connectivity index (χ0n) is 22.2. The van der Waals surface area contributed by atoms with Gasteiger partial charge in [-0.05, 0) is 61.1 Å². The smallest absolute Gasteiger partial charge is 0.414 e. The summed E-state index contributed by atoms with van der Waals surface area (Å²) in [6.45, 7) is 5.73. The first kappa shape index (κ1) is 26.3. The first-order valence-corrected chi connectivity index (χ1v) is 13.1. The molecule has 2 amide bonds. The largest absolute Gasteiger partial charge is 0.480 e. The molecule has 1 aliphatic carbocycles. The second-order valence-electron chi connectivity index (χ2n) is 10.9. The predicted molar refractivity (Wildman–Crippen MR) is 147 cm³/mol. The Labute approximate surface area is 227 Å². The third-order valence-electron chi connectivity index (χ3n) is 7.14. The maximum atomic E-state index is 12.9. The first-order valence-electron chi connectivity index (χ1n) is 13.1. The number of rotatable bonds is 6. The maximum Gasteiger partial charge on any atom is 0.414 e. The van der Waals surface area contributed by atoms with E-state index < -0.39 is 29.8 Å². The van der Waals surface area contributed by atoms with Gasteiger partial charge < -0.3 is 19.9 Å². The fraction of sp³-hybridized carbons (Fsp3) is 0.323. The van der Waals surface area contributed by atoms with Crippen molar-refractivity contribution in [2.45, 2.75) is 50.7 Å². The number of carbonyl (C=O) groups excluding carboxylic acids is 2. The minimum absolute atomic E-state index is 0.0882. The number of nitrogens with one attached hydrogen (secondary N) is 1. The van der Waals surface area contributed by atoms with E-state index in [4.69, 9.17) is 9.47 Å². The Kier molecular flexibility index (Phi) is 7.04. The monoisotopic (exact) mass is 528 g/mol. The predicted octanol–water partition coefficient (Wildman–Crippen LogP) is 5.91. The van der Waals surface area contributed by atoms with Crippen LogP contribution in [0.3, 0.4) is 0 Å². The SMILES string of the molecule is CC(C)(C)OC(=O)N1CC(C[C@H](NC(=O)OCC2c3ccccc3-c3ccccc32)C(=O)O)c2ccccc21. The molecule has 2 N–H and O–H groups in total. The fourth-order valence-electron chi connectivity index (χ4n) is 5.48. The van der Waals surface area contributed by atoms with Gasteiger partial charge in [0.25, 0.3) is 0 Å². The molecule has 0 bridgehead atoms. The minimum Gasteiger partial charge on any atom is -0.480 e. The van der Waals surface area contributed by atoms with Crippen LogP contribution in [-0.2, 0) is 14.3 Å². The van der Waals surface area contributed by atoms with Gasteiger partial charge in [-0.1, -0.05) is 66.7 Å². The van der Waals surface area contributed by atoms with Gasteiger partial charge >= 0.3 is 18.2 Å². The third-order valence-corrected chi connectivity index (χ3v) is 7.14. The summed E-state index contributed by atoms with van der Waals surface area (Å²) in [6.07, 6.45) is -1.19. The minimum atomic E-state index is -1.20. The number of amides is 2. The lowest BCUT2D eigenvalue weighted by atomic mass is 9.94. The average molecular weight is 529 g/mol. The van der Waals surface area contributed by atoms with E-state index in [-0.39, 0.29) is 31.4 Å². The van der Waals surface area contributed by atoms with Crippen LogP contribution in [0.2, 0.25) is 0 Å². The molecule has 0 radical (unpaired) electrons. The summed E-state index contributed by atoms with van der Waals surface area (Å²) in [7, 11) is 0. The van der Waals surface area contributed by atoms with Crippen LogP contribution < -0.4 is 10.2 Å². The average Bonchev–Trinajstić information content (AvgIpc) is 3.42. The van der Waals surface area contributed by atoms with Crippen molar-refractivity contribution in [2.24, 2.45) is 0 Å². The molecule has 3 aromatic rings. The van der Waals surface area contributed by atoms with Crippen molar-refractivity contribution in [3.05, 3.63) is 89.5 Å². The molecule has 0 aromatic heterocycles. The number of fused-ring (bicyclic) bond motifs is 4. The number of carboxylic acid groups (broad SMARTS) is 1. The molecule has 1 aliphatic heterocycles. The van der Waals surface area contributed by atoms with Crippen molar-refractivity contribution >= 4 is 23.8 Å². The lowest BCUT2D eigenvalue weighted by molar-refractivity contribution is -0.139. The number of carbonyl (C=O) groups is 3. The van der Waals surface area contributed by atoms with Gasteiger partial charge in [0.2, 0.25) is 0 Å². The quantitative estimate of drug-likeness (QED) is 0.412. The van der Waals surface area contributed by atoms with Crippen LogP contribution in [0.25, 0.3) is 11.1 Å². The van der Waals surface area contributed by atoms with Crippen molar-refractivity contribution in [3.63, 3.8) is 0 Å². The van der Waals surface area contributed by atoms with Crippen molar-refractivity contribution < 1.29 is 29.0 Å². The van der Waals surface area contributed by atoms with E-state index in [1.807, 2.05) is 60.7 Å². The highest BCUT2D eigenvalue weighted by Crippen LogP contribution is 2.44. The van der Waals surface area contributed by atoms with Gasteiger partial charge in [-0.25, -0.2) is 14.4 Å². The van der Waals surface area contributed by atoms with Crippen molar-refractivity contribution in [1.29, 1.82) is 0 Å². The molecule has 202 valence electrons. The molecule has 8 nitrogen and oxygen atoms in total. The van der Waals surface area contributed by atoms with Crippen LogP contribution in [0.15, 0.2) is 72.8 Å². The van der Waals surface area contributed by atoms with Crippen LogP contribution >= 0.6 is 0 Å². The number of nitrogens with zero attached hydrogens (tertiary/aromatic N) is 1. The van der Waals surface area contributed by atoms with E-state index in [9.17, 15) is 19.5 Å². The molecular formula is C31H32N2O6. The number of carboxylic acids is 1. The molecule has 1 unspecified atom stereocenters. The Balaban J connectivity index is 1.26. The Bertz CT molecular complexity index is 1370. The normalized spacial score (nSPS) is 16.6. The summed E-state index contributed by atoms with van der Waals surface area (Å²) in [4.78, 5) is 39.3. The molecule has 3 aromatic carbocycles. The van der Waals surface area contributed by atoms with Crippen LogP contribution in [0, 0.1) is 0 Å². The Hall–Kier alpha value is -4.33. The molecule has 1 heterocycles. The highest BCUT2D eigenvalue weighted by Gasteiger charge is 2.37. The lowest BCUT2D eigenvalue weighted by Gasteiger charge is -2.25. The number of aliphatic carboxylic acids is 1. The van der Waals surface area contributed by atoms with Gasteiger partial charge in [-0.3, -0.25) is 4.90 Å². The van der Waals surface area contributed by atoms with Gasteiger partial charge in [0.15, 0.2) is 0 Å². The summed E-state index contributed by atoms with van der Waals surface area (Å²) in [5.41, 5.74) is 5.22. The number of ether oxygens (including phenoxy) is 2. The molecule has 2 aliphatic rings. The third kappa shape index (κ3) is 5.46. The number of alkyl carbamates (subject to hydrolysis) is 1. The van der Waals surface area contributed by atoms with Crippen molar-refractivity contribution in [3.8, 4) is 11.1 Å². The molecule has 0 spiro atoms. The van der Waals surface area contributed by atoms with Crippen LogP contribution in [0.5, 0.6) is 0 Å². The zero-order valence-corrected chi connectivity index (χ0v) is 22.2. The summed E-state index contributed by atoms with van der Waals surface area (Å²) < 4.78 is 11.1. The van der Waals surface area contributed by atoms with E-state index >= 15 is 0 Å². The molecule has 39 heavy (non-hydrogen) atoms. The van der Waals surface area contributed by atoms with Gasteiger partial charge in [0, 0.05) is 18.4 Å². The maximum absolute atomic E-state index is 12.9. The summed E-state index contributed by atoms with van der Waals surface area (Å²) in [5, 5.41) is 12.5. The van der Waals surface area contributed by atoms with E-state index in [0.717, 1.165) is 27.8 Å². The highest BCUT2D eigenvalue weighted by molar-refractivity contribution is 5.91. The molecule has 5 rings (SSSR count). The number of anilines is 1. The van der Waals surface area contributed by atoms with Crippen molar-refractivity contribution in [2.75, 3.05) is 18.1 Å². The second kappa shape index (κ2) is 10.4. The molecule has 0 fully saturated rings. The fourth-order valence-corrected chi connectivity index (χ4v) is 5.48. The van der Waals surface area contributed by atoms with Crippen LogP contribution in [0.4, 0.5) is 15.3 Å².